The molecule has 1 N–H and O–H groups in total. The van der Waals surface area contributed by atoms with E-state index in [1.54, 1.807) is 19.1 Å². The molecule has 112 valence electrons. The lowest BCUT2D eigenvalue weighted by Gasteiger charge is -2.29. The number of allylic oxidation sites excluding steroid dienone is 5. The van der Waals surface area contributed by atoms with Crippen LogP contribution in [0.2, 0.25) is 0 Å². The Morgan fingerprint density at radius 1 is 1.33 bits per heavy atom. The van der Waals surface area contributed by atoms with E-state index in [1.165, 1.54) is 39.0 Å². The fourth-order valence-corrected chi connectivity index (χ4v) is 2.00. The molecule has 1 rings (SSSR count). The summed E-state index contributed by atoms with van der Waals surface area (Å²) in [6.45, 7) is 5.74. The summed E-state index contributed by atoms with van der Waals surface area (Å²) in [6, 6.07) is 0. The second-order valence-corrected chi connectivity index (χ2v) is 4.81. The summed E-state index contributed by atoms with van der Waals surface area (Å²) in [5.41, 5.74) is -1.65. The Balaban J connectivity index is 3.27. The number of hydrogen-bond donors (Lipinski definition) is 1. The smallest absolute Gasteiger partial charge is 0.303 e. The maximum atomic E-state index is 12.1. The van der Waals surface area contributed by atoms with Gasteiger partial charge in [-0.15, -0.1) is 0 Å². The van der Waals surface area contributed by atoms with Crippen LogP contribution in [0.15, 0.2) is 47.3 Å². The fourth-order valence-electron chi connectivity index (χ4n) is 2.00. The van der Waals surface area contributed by atoms with Gasteiger partial charge in [0, 0.05) is 12.5 Å². The first-order chi connectivity index (χ1) is 9.73. The van der Waals surface area contributed by atoms with E-state index in [0.29, 0.717) is 0 Å². The summed E-state index contributed by atoms with van der Waals surface area (Å²) < 4.78 is 5.02. The van der Waals surface area contributed by atoms with Crippen molar-refractivity contribution in [1.82, 2.24) is 0 Å². The number of Topliss-reactive ketones (excluding diaryl/α,β-unsaturated/α-hetero) is 1. The summed E-state index contributed by atoms with van der Waals surface area (Å²) >= 11 is 0. The molecule has 0 fully saturated rings. The van der Waals surface area contributed by atoms with Crippen molar-refractivity contribution in [1.29, 1.82) is 0 Å². The van der Waals surface area contributed by atoms with Gasteiger partial charge in [-0.1, -0.05) is 18.2 Å². The van der Waals surface area contributed by atoms with Crippen molar-refractivity contribution in [2.24, 2.45) is 0 Å². The summed E-state index contributed by atoms with van der Waals surface area (Å²) in [7, 11) is 0. The quantitative estimate of drug-likeness (QED) is 0.488. The zero-order valence-electron chi connectivity index (χ0n) is 12.5. The van der Waals surface area contributed by atoms with Gasteiger partial charge in [0.05, 0.1) is 5.57 Å². The average molecular weight is 290 g/mol. The summed E-state index contributed by atoms with van der Waals surface area (Å²) in [5.74, 6) is -2.06. The number of aliphatic hydroxyl groups excluding tert-OH is 1. The van der Waals surface area contributed by atoms with E-state index < -0.39 is 23.1 Å². The van der Waals surface area contributed by atoms with Gasteiger partial charge in [0.25, 0.3) is 0 Å². The zero-order valence-corrected chi connectivity index (χ0v) is 12.5. The molecule has 1 aliphatic carbocycles. The molecule has 5 nitrogen and oxygen atoms in total. The topological polar surface area (TPSA) is 80.7 Å². The van der Waals surface area contributed by atoms with Gasteiger partial charge < -0.3 is 9.84 Å². The molecule has 0 bridgehead atoms. The predicted molar refractivity (Wildman–Crippen MR) is 77.6 cm³/mol. The van der Waals surface area contributed by atoms with E-state index >= 15 is 0 Å². The molecule has 0 aliphatic heterocycles. The lowest BCUT2D eigenvalue weighted by atomic mass is 9.84. The number of carbonyl (C=O) groups excluding carboxylic acids is 3. The van der Waals surface area contributed by atoms with Crippen LogP contribution in [0.1, 0.15) is 27.7 Å². The van der Waals surface area contributed by atoms with Gasteiger partial charge in [0.1, 0.15) is 5.76 Å². The zero-order chi connectivity index (χ0) is 16.2. The molecule has 0 heterocycles. The van der Waals surface area contributed by atoms with E-state index in [2.05, 4.69) is 0 Å². The lowest BCUT2D eigenvalue weighted by molar-refractivity contribution is -0.157. The third-order valence-corrected chi connectivity index (χ3v) is 2.99. The molecular formula is C16H18O5. The molecule has 0 radical (unpaired) electrons. The number of carbonyl (C=O) groups is 3. The van der Waals surface area contributed by atoms with E-state index in [0.717, 1.165) is 0 Å². The van der Waals surface area contributed by atoms with Crippen LogP contribution in [0.5, 0.6) is 0 Å². The number of aliphatic hydroxyl groups is 1. The molecule has 0 aromatic rings. The van der Waals surface area contributed by atoms with Crippen molar-refractivity contribution in [2.45, 2.75) is 33.3 Å². The number of ketones is 2. The molecule has 0 aromatic carbocycles. The van der Waals surface area contributed by atoms with Crippen molar-refractivity contribution in [3.8, 4) is 0 Å². The van der Waals surface area contributed by atoms with Crippen LogP contribution in [0.4, 0.5) is 0 Å². The van der Waals surface area contributed by atoms with Crippen LogP contribution in [-0.4, -0.2) is 28.2 Å². The van der Waals surface area contributed by atoms with Gasteiger partial charge in [-0.2, -0.15) is 0 Å². The summed E-state index contributed by atoms with van der Waals surface area (Å²) in [6.07, 6.45) is 7.36. The third kappa shape index (κ3) is 3.56. The molecule has 0 unspecified atom stereocenters. The van der Waals surface area contributed by atoms with E-state index in [9.17, 15) is 19.5 Å². The van der Waals surface area contributed by atoms with Crippen LogP contribution in [-0.2, 0) is 19.1 Å². The Bertz CT molecular complexity index is 604. The molecule has 21 heavy (non-hydrogen) atoms. The summed E-state index contributed by atoms with van der Waals surface area (Å²) in [5, 5.41) is 9.98. The third-order valence-electron chi connectivity index (χ3n) is 2.99. The minimum Gasteiger partial charge on any atom is -0.507 e. The van der Waals surface area contributed by atoms with Crippen LogP contribution in [0.3, 0.4) is 0 Å². The average Bonchev–Trinajstić information content (AvgIpc) is 2.40. The van der Waals surface area contributed by atoms with Crippen molar-refractivity contribution < 1.29 is 24.2 Å². The molecule has 1 atom stereocenters. The number of esters is 1. The van der Waals surface area contributed by atoms with Gasteiger partial charge in [0.15, 0.2) is 11.4 Å². The highest BCUT2D eigenvalue weighted by Gasteiger charge is 2.41. The highest BCUT2D eigenvalue weighted by atomic mass is 16.6. The molecule has 0 spiro atoms. The normalized spacial score (nSPS) is 22.9. The molecule has 5 heteroatoms. The monoisotopic (exact) mass is 290 g/mol. The summed E-state index contributed by atoms with van der Waals surface area (Å²) in [4.78, 5) is 35.4. The van der Waals surface area contributed by atoms with Gasteiger partial charge >= 0.3 is 5.97 Å². The van der Waals surface area contributed by atoms with E-state index in [4.69, 9.17) is 4.74 Å². The molecule has 0 amide bonds. The highest BCUT2D eigenvalue weighted by Crippen LogP contribution is 2.30. The van der Waals surface area contributed by atoms with Crippen molar-refractivity contribution >= 4 is 17.5 Å². The van der Waals surface area contributed by atoms with E-state index in [1.807, 2.05) is 0 Å². The van der Waals surface area contributed by atoms with Crippen LogP contribution in [0, 0.1) is 0 Å². The van der Waals surface area contributed by atoms with Gasteiger partial charge in [-0.3, -0.25) is 14.4 Å². The van der Waals surface area contributed by atoms with Gasteiger partial charge in [-0.05, 0) is 32.9 Å². The molecule has 0 saturated carbocycles. The SMILES string of the molecule is C/C=C/C=C/C(=O)C1=C[C@](C)(OC(C)=O)C(=O)C(C)=C1O. The Hall–Kier alpha value is -2.43. The largest absolute Gasteiger partial charge is 0.507 e. The lowest BCUT2D eigenvalue weighted by Crippen LogP contribution is -2.42. The van der Waals surface area contributed by atoms with Crippen molar-refractivity contribution in [2.75, 3.05) is 0 Å². The first-order valence-electron chi connectivity index (χ1n) is 6.44. The molecule has 0 aromatic heterocycles. The highest BCUT2D eigenvalue weighted by molar-refractivity contribution is 6.14. The maximum Gasteiger partial charge on any atom is 0.303 e. The molecular weight excluding hydrogens is 272 g/mol. The molecule has 1 aliphatic rings. The number of hydrogen-bond acceptors (Lipinski definition) is 5. The second kappa shape index (κ2) is 6.35. The Morgan fingerprint density at radius 3 is 2.48 bits per heavy atom. The Kier molecular flexibility index (Phi) is 5.02. The first kappa shape index (κ1) is 16.6. The van der Waals surface area contributed by atoms with Crippen molar-refractivity contribution in [3.05, 3.63) is 47.3 Å². The minimum atomic E-state index is -1.58. The molecule has 0 saturated heterocycles. The maximum absolute atomic E-state index is 12.1. The number of ether oxygens (including phenoxy) is 1. The minimum absolute atomic E-state index is 0.0102. The first-order valence-corrected chi connectivity index (χ1v) is 6.44. The van der Waals surface area contributed by atoms with E-state index in [-0.39, 0.29) is 16.9 Å². The van der Waals surface area contributed by atoms with Crippen LogP contribution in [0.25, 0.3) is 0 Å². The Labute approximate surface area is 123 Å². The fraction of sp³-hybridized carbons (Fsp3) is 0.312. The predicted octanol–water partition coefficient (Wildman–Crippen LogP) is 2.35. The van der Waals surface area contributed by atoms with Crippen molar-refractivity contribution in [3.63, 3.8) is 0 Å². The standard InChI is InChI=1S/C16H18O5/c1-5-6-7-8-13(18)12-9-16(4,21-11(3)17)15(20)10(2)14(12)19/h5-9,19H,1-4H3/b6-5+,8-7+/t16-/m0/s1. The number of rotatable bonds is 4. The van der Waals surface area contributed by atoms with Crippen LogP contribution >= 0.6 is 0 Å². The Morgan fingerprint density at radius 2 is 1.95 bits per heavy atom. The van der Waals surface area contributed by atoms with Gasteiger partial charge in [-0.25, -0.2) is 0 Å². The second-order valence-electron chi connectivity index (χ2n) is 4.81. The van der Waals surface area contributed by atoms with Gasteiger partial charge in [0.2, 0.25) is 5.78 Å². The van der Waals surface area contributed by atoms with Crippen LogP contribution < -0.4 is 0 Å².